The number of nitrogens with two attached hydrogens (primary N) is 1. The van der Waals surface area contributed by atoms with E-state index in [0.29, 0.717) is 17.4 Å². The highest BCUT2D eigenvalue weighted by atomic mass is 17.2. The number of fused-ring (bicyclic) bond motifs is 1. The number of benzene rings is 1. The third-order valence-electron chi connectivity index (χ3n) is 6.09. The molecular formula is C25H33N5O2. The van der Waals surface area contributed by atoms with E-state index in [-0.39, 0.29) is 12.1 Å². The molecule has 0 radical (unpaired) electrons. The molecule has 0 spiro atoms. The number of nitrogen functional groups attached to an aromatic ring is 1. The van der Waals surface area contributed by atoms with Gasteiger partial charge in [0.25, 0.3) is 0 Å². The zero-order valence-corrected chi connectivity index (χ0v) is 19.8. The topological polar surface area (TPSA) is 84.5 Å². The molecule has 32 heavy (non-hydrogen) atoms. The van der Waals surface area contributed by atoms with Crippen molar-refractivity contribution in [2.45, 2.75) is 46.7 Å². The minimum absolute atomic E-state index is 0.0345. The van der Waals surface area contributed by atoms with E-state index in [1.807, 2.05) is 30.3 Å². The lowest BCUT2D eigenvalue weighted by molar-refractivity contribution is -0.177. The second-order valence-corrected chi connectivity index (χ2v) is 8.98. The molecule has 4 rings (SSSR count). The fourth-order valence-electron chi connectivity index (χ4n) is 4.23. The van der Waals surface area contributed by atoms with Crippen molar-refractivity contribution in [3.8, 4) is 5.75 Å². The van der Waals surface area contributed by atoms with Crippen LogP contribution in [0.25, 0.3) is 5.70 Å². The maximum absolute atomic E-state index is 6.22. The summed E-state index contributed by atoms with van der Waals surface area (Å²) in [4.78, 5) is 20.6. The fraction of sp³-hybridized carbons (Fsp3) is 0.440. The fourth-order valence-corrected chi connectivity index (χ4v) is 4.23. The van der Waals surface area contributed by atoms with Gasteiger partial charge in [-0.1, -0.05) is 19.9 Å². The maximum atomic E-state index is 6.22. The van der Waals surface area contributed by atoms with Crippen molar-refractivity contribution < 1.29 is 9.78 Å². The number of rotatable bonds is 7. The SMILES string of the molecule is COOc1c(N)cccc1/C(N=C(C)C1=CC2=CN(C)NC2N=C1C(C)C)=C(/C)C1CC1. The van der Waals surface area contributed by atoms with Crippen molar-refractivity contribution in [2.24, 2.45) is 21.8 Å². The number of para-hydroxylation sites is 1. The smallest absolute Gasteiger partial charge is 0.197 e. The Labute approximate surface area is 190 Å². The Kier molecular flexibility index (Phi) is 6.22. The summed E-state index contributed by atoms with van der Waals surface area (Å²) in [5, 5.41) is 1.96. The Balaban J connectivity index is 1.82. The maximum Gasteiger partial charge on any atom is 0.197 e. The van der Waals surface area contributed by atoms with Crippen molar-refractivity contribution in [3.63, 3.8) is 0 Å². The Morgan fingerprint density at radius 3 is 2.69 bits per heavy atom. The molecule has 1 aromatic carbocycles. The van der Waals surface area contributed by atoms with E-state index in [1.165, 1.54) is 25.5 Å². The molecule has 0 saturated heterocycles. The molecule has 2 heterocycles. The Morgan fingerprint density at radius 2 is 2.03 bits per heavy atom. The van der Waals surface area contributed by atoms with Crippen LogP contribution in [-0.4, -0.2) is 36.8 Å². The van der Waals surface area contributed by atoms with Crippen LogP contribution in [0, 0.1) is 11.8 Å². The predicted octanol–water partition coefficient (Wildman–Crippen LogP) is 4.51. The van der Waals surface area contributed by atoms with Crippen LogP contribution in [0.5, 0.6) is 5.75 Å². The molecule has 3 N–H and O–H groups in total. The summed E-state index contributed by atoms with van der Waals surface area (Å²) in [6.07, 6.45) is 6.61. The molecule has 0 bridgehead atoms. The van der Waals surface area contributed by atoms with Crippen molar-refractivity contribution in [3.05, 3.63) is 52.8 Å². The van der Waals surface area contributed by atoms with Gasteiger partial charge in [-0.3, -0.25) is 9.98 Å². The second kappa shape index (κ2) is 8.92. The summed E-state index contributed by atoms with van der Waals surface area (Å²) in [6, 6.07) is 5.72. The van der Waals surface area contributed by atoms with Crippen molar-refractivity contribution in [2.75, 3.05) is 19.9 Å². The molecule has 1 atom stereocenters. The summed E-state index contributed by atoms with van der Waals surface area (Å²) in [7, 11) is 3.47. The van der Waals surface area contributed by atoms with Gasteiger partial charge in [0.15, 0.2) is 5.75 Å². The highest BCUT2D eigenvalue weighted by molar-refractivity contribution is 6.26. The quantitative estimate of drug-likeness (QED) is 0.285. The number of aliphatic imine (C=N–C) groups is 2. The number of dihydropyridines is 1. The molecule has 1 unspecified atom stereocenters. The molecule has 3 aliphatic rings. The second-order valence-electron chi connectivity index (χ2n) is 8.98. The molecule has 1 fully saturated rings. The van der Waals surface area contributed by atoms with Crippen LogP contribution in [-0.2, 0) is 4.89 Å². The van der Waals surface area contributed by atoms with Crippen LogP contribution in [0.15, 0.2) is 57.2 Å². The van der Waals surface area contributed by atoms with Crippen LogP contribution in [0.4, 0.5) is 5.69 Å². The van der Waals surface area contributed by atoms with Gasteiger partial charge in [0.1, 0.15) is 6.17 Å². The zero-order chi connectivity index (χ0) is 23.0. The highest BCUT2D eigenvalue weighted by Gasteiger charge is 2.30. The van der Waals surface area contributed by atoms with E-state index in [2.05, 4.69) is 45.4 Å². The first kappa shape index (κ1) is 22.3. The Bertz CT molecular complexity index is 1060. The van der Waals surface area contributed by atoms with Gasteiger partial charge in [0, 0.05) is 41.4 Å². The summed E-state index contributed by atoms with van der Waals surface area (Å²) in [6.45, 7) is 8.55. The Morgan fingerprint density at radius 1 is 1.28 bits per heavy atom. The molecule has 7 heteroatoms. The van der Waals surface area contributed by atoms with Gasteiger partial charge >= 0.3 is 0 Å². The van der Waals surface area contributed by atoms with Gasteiger partial charge in [-0.2, -0.15) is 4.89 Å². The number of nitrogens with zero attached hydrogens (tertiary/aromatic N) is 3. The first-order valence-corrected chi connectivity index (χ1v) is 11.2. The highest BCUT2D eigenvalue weighted by Crippen LogP contribution is 2.43. The van der Waals surface area contributed by atoms with E-state index in [9.17, 15) is 0 Å². The number of hydrogen-bond donors (Lipinski definition) is 2. The molecule has 170 valence electrons. The van der Waals surface area contributed by atoms with E-state index < -0.39 is 0 Å². The first-order valence-electron chi connectivity index (χ1n) is 11.2. The molecular weight excluding hydrogens is 402 g/mol. The Hall–Kier alpha value is -2.90. The lowest BCUT2D eigenvalue weighted by Crippen LogP contribution is -2.35. The molecule has 1 aliphatic carbocycles. The van der Waals surface area contributed by atoms with E-state index in [0.717, 1.165) is 33.8 Å². The zero-order valence-electron chi connectivity index (χ0n) is 19.8. The minimum Gasteiger partial charge on any atom is -0.396 e. The third-order valence-corrected chi connectivity index (χ3v) is 6.09. The van der Waals surface area contributed by atoms with Gasteiger partial charge in [0.2, 0.25) is 0 Å². The average Bonchev–Trinajstić information content (AvgIpc) is 3.53. The van der Waals surface area contributed by atoms with Gasteiger partial charge < -0.3 is 15.6 Å². The van der Waals surface area contributed by atoms with Crippen LogP contribution in [0.1, 0.15) is 46.1 Å². The van der Waals surface area contributed by atoms with Crippen LogP contribution in [0.2, 0.25) is 0 Å². The number of anilines is 1. The number of nitrogens with one attached hydrogen (secondary N) is 1. The van der Waals surface area contributed by atoms with Crippen molar-refractivity contribution in [1.82, 2.24) is 10.4 Å². The monoisotopic (exact) mass is 435 g/mol. The summed E-state index contributed by atoms with van der Waals surface area (Å²) in [5.41, 5.74) is 17.3. The molecule has 1 saturated carbocycles. The van der Waals surface area contributed by atoms with Gasteiger partial charge in [-0.25, -0.2) is 5.43 Å². The van der Waals surface area contributed by atoms with Gasteiger partial charge in [0.05, 0.1) is 18.5 Å². The lowest BCUT2D eigenvalue weighted by atomic mass is 9.91. The van der Waals surface area contributed by atoms with Crippen LogP contribution >= 0.6 is 0 Å². The average molecular weight is 436 g/mol. The van der Waals surface area contributed by atoms with Crippen molar-refractivity contribution >= 4 is 22.8 Å². The van der Waals surface area contributed by atoms with Crippen molar-refractivity contribution in [1.29, 1.82) is 0 Å². The normalized spacial score (nSPS) is 21.7. The largest absolute Gasteiger partial charge is 0.396 e. The number of hydrazine groups is 1. The van der Waals surface area contributed by atoms with E-state index in [1.54, 1.807) is 0 Å². The summed E-state index contributed by atoms with van der Waals surface area (Å²) >= 11 is 0. The molecule has 7 nitrogen and oxygen atoms in total. The van der Waals surface area contributed by atoms with E-state index >= 15 is 0 Å². The van der Waals surface area contributed by atoms with Gasteiger partial charge in [-0.15, -0.1) is 0 Å². The third kappa shape index (κ3) is 4.36. The first-order chi connectivity index (χ1) is 15.3. The lowest BCUT2D eigenvalue weighted by Gasteiger charge is -2.24. The van der Waals surface area contributed by atoms with Gasteiger partial charge in [-0.05, 0) is 62.3 Å². The predicted molar refractivity (Wildman–Crippen MR) is 130 cm³/mol. The minimum atomic E-state index is -0.0345. The molecule has 1 aromatic rings. The number of hydrogen-bond acceptors (Lipinski definition) is 7. The van der Waals surface area contributed by atoms with Crippen LogP contribution in [0.3, 0.4) is 0 Å². The van der Waals surface area contributed by atoms with E-state index in [4.69, 9.17) is 25.5 Å². The molecule has 2 aliphatic heterocycles. The van der Waals surface area contributed by atoms with Crippen LogP contribution < -0.4 is 16.0 Å². The summed E-state index contributed by atoms with van der Waals surface area (Å²) in [5.74, 6) is 1.32. The summed E-state index contributed by atoms with van der Waals surface area (Å²) < 4.78 is 0. The standard InChI is InChI=1S/C25H33N5O2/c1-14(2)22-20(12-18-13-30(5)29-25(18)28-22)16(4)27-23(15(3)17-10-11-17)19-8-7-9-21(26)24(19)32-31-6/h7-9,12-14,17,25,29H,10-11,26H2,1-6H3/b23-15+,27-16?. The number of allylic oxidation sites excluding steroid dienone is 2. The molecule has 0 amide bonds. The molecule has 0 aromatic heterocycles.